The number of benzene rings is 1. The zero-order valence-electron chi connectivity index (χ0n) is 19.6. The summed E-state index contributed by atoms with van der Waals surface area (Å²) in [4.78, 5) is 21.9. The second-order valence-electron chi connectivity index (χ2n) is 8.87. The van der Waals surface area contributed by atoms with Gasteiger partial charge in [-0.05, 0) is 58.0 Å². The second kappa shape index (κ2) is 11.4. The number of aliphatic imine (C=N–C) groups is 1. The number of likely N-dealkylation sites (tertiary alicyclic amines) is 1. The maximum Gasteiger partial charge on any atom is 0.225 e. The van der Waals surface area contributed by atoms with Gasteiger partial charge in [0.2, 0.25) is 5.91 Å². The van der Waals surface area contributed by atoms with Crippen LogP contribution in [0, 0.1) is 5.92 Å². The molecule has 7 heteroatoms. The summed E-state index contributed by atoms with van der Waals surface area (Å²) < 4.78 is 5.39. The number of rotatable bonds is 8. The van der Waals surface area contributed by atoms with Crippen LogP contribution in [0.5, 0.6) is 5.75 Å². The molecule has 1 heterocycles. The summed E-state index contributed by atoms with van der Waals surface area (Å²) in [6.45, 7) is 5.12. The molecule has 1 aromatic rings. The van der Waals surface area contributed by atoms with E-state index in [0.29, 0.717) is 12.5 Å². The van der Waals surface area contributed by atoms with Gasteiger partial charge in [0.25, 0.3) is 0 Å². The topological polar surface area (TPSA) is 69.2 Å². The van der Waals surface area contributed by atoms with Crippen LogP contribution < -0.4 is 15.4 Å². The zero-order valence-corrected chi connectivity index (χ0v) is 19.6. The standard InChI is InChI=1S/C24H39N5O2/c1-5-25-24(26-16-22(28(2)3)19-11-8-12-21(15-19)31-4)27-20-13-14-29(17-20)23(30)18-9-6-7-10-18/h8,11-12,15,18,20,22H,5-7,9-10,13-14,16-17H2,1-4H3,(H2,25,26,27). The van der Waals surface area contributed by atoms with Crippen LogP contribution in [0.1, 0.15) is 50.6 Å². The highest BCUT2D eigenvalue weighted by Crippen LogP contribution is 2.28. The second-order valence-corrected chi connectivity index (χ2v) is 8.87. The number of ether oxygens (including phenoxy) is 1. The van der Waals surface area contributed by atoms with Gasteiger partial charge in [-0.25, -0.2) is 0 Å². The van der Waals surface area contributed by atoms with Crippen molar-refractivity contribution in [1.29, 1.82) is 0 Å². The Balaban J connectivity index is 1.61. The number of carbonyl (C=O) groups is 1. The molecule has 2 unspecified atom stereocenters. The number of likely N-dealkylation sites (N-methyl/N-ethyl adjacent to an activating group) is 1. The van der Waals surface area contributed by atoms with Gasteiger partial charge in [-0.1, -0.05) is 25.0 Å². The van der Waals surface area contributed by atoms with Crippen molar-refractivity contribution in [2.75, 3.05) is 47.4 Å². The number of nitrogens with one attached hydrogen (secondary N) is 2. The number of methoxy groups -OCH3 is 1. The molecule has 0 radical (unpaired) electrons. The normalized spacial score (nSPS) is 20.9. The first-order valence-corrected chi connectivity index (χ1v) is 11.7. The molecule has 1 saturated carbocycles. The Morgan fingerprint density at radius 3 is 2.74 bits per heavy atom. The van der Waals surface area contributed by atoms with Crippen molar-refractivity contribution in [2.24, 2.45) is 10.9 Å². The largest absolute Gasteiger partial charge is 0.497 e. The van der Waals surface area contributed by atoms with Gasteiger partial charge < -0.3 is 25.2 Å². The third-order valence-electron chi connectivity index (χ3n) is 6.41. The fourth-order valence-electron chi connectivity index (χ4n) is 4.62. The highest BCUT2D eigenvalue weighted by atomic mass is 16.5. The minimum atomic E-state index is 0.148. The monoisotopic (exact) mass is 429 g/mol. The Labute approximate surface area is 187 Å². The van der Waals surface area contributed by atoms with Crippen LogP contribution >= 0.6 is 0 Å². The molecule has 31 heavy (non-hydrogen) atoms. The molecule has 172 valence electrons. The number of amides is 1. The molecule has 2 atom stereocenters. The van der Waals surface area contributed by atoms with Crippen molar-refractivity contribution in [3.63, 3.8) is 0 Å². The molecule has 1 aliphatic carbocycles. The van der Waals surface area contributed by atoms with E-state index in [4.69, 9.17) is 9.73 Å². The van der Waals surface area contributed by atoms with Gasteiger partial charge in [-0.3, -0.25) is 9.79 Å². The van der Waals surface area contributed by atoms with Gasteiger partial charge in [0.1, 0.15) is 5.75 Å². The van der Waals surface area contributed by atoms with E-state index < -0.39 is 0 Å². The van der Waals surface area contributed by atoms with Crippen molar-refractivity contribution in [1.82, 2.24) is 20.4 Å². The third-order valence-corrected chi connectivity index (χ3v) is 6.41. The van der Waals surface area contributed by atoms with E-state index in [1.807, 2.05) is 12.1 Å². The lowest BCUT2D eigenvalue weighted by atomic mass is 10.1. The molecule has 3 rings (SSSR count). The van der Waals surface area contributed by atoms with Crippen LogP contribution in [-0.2, 0) is 4.79 Å². The molecular weight excluding hydrogens is 390 g/mol. The van der Waals surface area contributed by atoms with E-state index in [1.165, 1.54) is 18.4 Å². The van der Waals surface area contributed by atoms with E-state index >= 15 is 0 Å². The molecule has 0 spiro atoms. The molecule has 2 N–H and O–H groups in total. The van der Waals surface area contributed by atoms with Gasteiger partial charge in [-0.2, -0.15) is 0 Å². The minimum Gasteiger partial charge on any atom is -0.497 e. The summed E-state index contributed by atoms with van der Waals surface area (Å²) in [6, 6.07) is 8.57. The molecule has 2 aliphatic rings. The Kier molecular flexibility index (Phi) is 8.58. The van der Waals surface area contributed by atoms with Crippen LogP contribution in [0.2, 0.25) is 0 Å². The average Bonchev–Trinajstić information content (AvgIpc) is 3.46. The Hall–Kier alpha value is -2.28. The van der Waals surface area contributed by atoms with Crippen molar-refractivity contribution >= 4 is 11.9 Å². The quantitative estimate of drug-likeness (QED) is 0.491. The highest BCUT2D eigenvalue weighted by Gasteiger charge is 2.32. The number of carbonyl (C=O) groups excluding carboxylic acids is 1. The van der Waals surface area contributed by atoms with Gasteiger partial charge >= 0.3 is 0 Å². The summed E-state index contributed by atoms with van der Waals surface area (Å²) in [5, 5.41) is 6.93. The molecule has 2 fully saturated rings. The van der Waals surface area contributed by atoms with Gasteiger partial charge in [0.15, 0.2) is 5.96 Å². The van der Waals surface area contributed by atoms with Crippen molar-refractivity contribution < 1.29 is 9.53 Å². The lowest BCUT2D eigenvalue weighted by Gasteiger charge is -2.25. The summed E-state index contributed by atoms with van der Waals surface area (Å²) in [5.41, 5.74) is 1.18. The molecule has 0 bridgehead atoms. The molecule has 1 aliphatic heterocycles. The lowest BCUT2D eigenvalue weighted by Crippen LogP contribution is -2.45. The van der Waals surface area contributed by atoms with Crippen LogP contribution in [0.3, 0.4) is 0 Å². The van der Waals surface area contributed by atoms with Crippen LogP contribution in [0.15, 0.2) is 29.3 Å². The molecule has 1 aromatic carbocycles. The maximum atomic E-state index is 12.7. The van der Waals surface area contributed by atoms with E-state index in [9.17, 15) is 4.79 Å². The summed E-state index contributed by atoms with van der Waals surface area (Å²) in [5.74, 6) is 2.28. The van der Waals surface area contributed by atoms with Crippen molar-refractivity contribution in [2.45, 2.75) is 51.1 Å². The molecular formula is C24H39N5O2. The van der Waals surface area contributed by atoms with Gasteiger partial charge in [0, 0.05) is 31.6 Å². The summed E-state index contributed by atoms with van der Waals surface area (Å²) in [7, 11) is 5.84. The van der Waals surface area contributed by atoms with E-state index in [2.05, 4.69) is 53.6 Å². The highest BCUT2D eigenvalue weighted by molar-refractivity contribution is 5.81. The van der Waals surface area contributed by atoms with Crippen LogP contribution in [0.4, 0.5) is 0 Å². The average molecular weight is 430 g/mol. The Morgan fingerprint density at radius 1 is 1.29 bits per heavy atom. The van der Waals surface area contributed by atoms with E-state index in [1.54, 1.807) is 7.11 Å². The first kappa shape index (κ1) is 23.4. The number of nitrogens with zero attached hydrogens (tertiary/aromatic N) is 3. The van der Waals surface area contributed by atoms with Crippen LogP contribution in [-0.4, -0.2) is 75.1 Å². The number of hydrogen-bond acceptors (Lipinski definition) is 4. The number of hydrogen-bond donors (Lipinski definition) is 2. The van der Waals surface area contributed by atoms with Crippen molar-refractivity contribution in [3.8, 4) is 5.75 Å². The van der Waals surface area contributed by atoms with E-state index in [-0.39, 0.29) is 18.0 Å². The summed E-state index contributed by atoms with van der Waals surface area (Å²) >= 11 is 0. The van der Waals surface area contributed by atoms with Gasteiger partial charge in [0.05, 0.1) is 19.7 Å². The zero-order chi connectivity index (χ0) is 22.2. The maximum absolute atomic E-state index is 12.7. The molecule has 1 saturated heterocycles. The van der Waals surface area contributed by atoms with E-state index in [0.717, 1.165) is 50.6 Å². The SMILES string of the molecule is CCNC(=NCC(c1cccc(OC)c1)N(C)C)NC1CCN(C(=O)C2CCCC2)C1. The Bertz CT molecular complexity index is 745. The predicted molar refractivity (Wildman–Crippen MR) is 125 cm³/mol. The molecule has 7 nitrogen and oxygen atoms in total. The molecule has 1 amide bonds. The van der Waals surface area contributed by atoms with Crippen LogP contribution in [0.25, 0.3) is 0 Å². The predicted octanol–water partition coefficient (Wildman–Crippen LogP) is 2.64. The fourth-order valence-corrected chi connectivity index (χ4v) is 4.62. The smallest absolute Gasteiger partial charge is 0.225 e. The first-order chi connectivity index (χ1) is 15.0. The number of guanidine groups is 1. The van der Waals surface area contributed by atoms with Crippen molar-refractivity contribution in [3.05, 3.63) is 29.8 Å². The first-order valence-electron chi connectivity index (χ1n) is 11.7. The fraction of sp³-hybridized carbons (Fsp3) is 0.667. The Morgan fingerprint density at radius 2 is 2.06 bits per heavy atom. The molecule has 0 aromatic heterocycles. The van der Waals surface area contributed by atoms with Gasteiger partial charge in [-0.15, -0.1) is 0 Å². The summed E-state index contributed by atoms with van der Waals surface area (Å²) in [6.07, 6.45) is 5.49. The lowest BCUT2D eigenvalue weighted by molar-refractivity contribution is -0.134. The third kappa shape index (κ3) is 6.35. The minimum absolute atomic E-state index is 0.148.